The Balaban J connectivity index is 1.19. The Bertz CT molecular complexity index is 933. The molecule has 1 heteroatoms. The minimum absolute atomic E-state index is 0.108. The van der Waals surface area contributed by atoms with E-state index in [1.165, 1.54) is 17.2 Å². The van der Waals surface area contributed by atoms with Gasteiger partial charge in [0.15, 0.2) is 0 Å². The van der Waals surface area contributed by atoms with Gasteiger partial charge in [-0.05, 0) is 99.7 Å². The Morgan fingerprint density at radius 3 is 1.77 bits per heavy atom. The largest absolute Gasteiger partial charge is 0.393 e. The van der Waals surface area contributed by atoms with Crippen LogP contribution in [0.3, 0.4) is 0 Å². The highest BCUT2D eigenvalue weighted by molar-refractivity contribution is 5.85. The Labute approximate surface area is 153 Å². The molecule has 0 saturated heterocycles. The van der Waals surface area contributed by atoms with E-state index < -0.39 is 0 Å². The molecule has 10 rings (SSSR count). The van der Waals surface area contributed by atoms with Crippen LogP contribution in [0.1, 0.15) is 5.56 Å². The minimum atomic E-state index is 0.108. The third kappa shape index (κ3) is 0.989. The Morgan fingerprint density at radius 2 is 1.12 bits per heavy atom. The van der Waals surface area contributed by atoms with E-state index in [0.717, 1.165) is 76.9 Å². The molecule has 8 fully saturated rings. The van der Waals surface area contributed by atoms with Crippen LogP contribution in [-0.4, -0.2) is 11.2 Å². The van der Waals surface area contributed by atoms with Crippen molar-refractivity contribution in [3.8, 4) is 0 Å². The number of aliphatic hydroxyl groups excluding tert-OH is 1. The quantitative estimate of drug-likeness (QED) is 0.880. The van der Waals surface area contributed by atoms with Gasteiger partial charge in [0.05, 0.1) is 6.10 Å². The number of aliphatic hydroxyl groups is 1. The zero-order valence-corrected chi connectivity index (χ0v) is 14.8. The maximum Gasteiger partial charge on any atom is 0.0607 e. The van der Waals surface area contributed by atoms with Crippen molar-refractivity contribution >= 4 is 10.8 Å². The first-order chi connectivity index (χ1) is 12.9. The predicted octanol–water partition coefficient (Wildman–Crippen LogP) is 3.85. The lowest BCUT2D eigenvalue weighted by Gasteiger charge is -2.24. The molecule has 8 unspecified atom stereocenters. The number of hydrogen-bond donors (Lipinski definition) is 1. The van der Waals surface area contributed by atoms with Gasteiger partial charge >= 0.3 is 0 Å². The first-order valence-corrected chi connectivity index (χ1v) is 11.0. The monoisotopic (exact) mass is 340 g/mol. The summed E-state index contributed by atoms with van der Waals surface area (Å²) in [7, 11) is 0. The van der Waals surface area contributed by atoms with Gasteiger partial charge in [0, 0.05) is 0 Å². The van der Waals surface area contributed by atoms with Crippen LogP contribution in [0.25, 0.3) is 10.8 Å². The lowest BCUT2D eigenvalue weighted by Crippen LogP contribution is -2.21. The lowest BCUT2D eigenvalue weighted by atomic mass is 9.80. The Kier molecular flexibility index (Phi) is 1.82. The van der Waals surface area contributed by atoms with Crippen LogP contribution in [0.15, 0.2) is 42.5 Å². The molecule has 0 aliphatic heterocycles. The van der Waals surface area contributed by atoms with E-state index in [2.05, 4.69) is 42.5 Å². The summed E-state index contributed by atoms with van der Waals surface area (Å²) in [6, 6.07) is 16.0. The van der Waals surface area contributed by atoms with Gasteiger partial charge in [-0.25, -0.2) is 0 Å². The Hall–Kier alpha value is -1.34. The smallest absolute Gasteiger partial charge is 0.0607 e. The molecule has 8 aliphatic carbocycles. The van der Waals surface area contributed by atoms with Gasteiger partial charge in [0.1, 0.15) is 0 Å². The molecular weight excluding hydrogens is 316 g/mol. The van der Waals surface area contributed by atoms with Crippen LogP contribution >= 0.6 is 0 Å². The van der Waals surface area contributed by atoms with Crippen LogP contribution < -0.4 is 0 Å². The van der Waals surface area contributed by atoms with Crippen molar-refractivity contribution in [2.24, 2.45) is 76.9 Å². The van der Waals surface area contributed by atoms with E-state index in [-0.39, 0.29) is 6.10 Å². The second-order valence-electron chi connectivity index (χ2n) is 10.9. The molecule has 0 spiro atoms. The molecule has 2 aromatic rings. The number of rotatable bonds is 2. The summed E-state index contributed by atoms with van der Waals surface area (Å²) in [6.45, 7) is 0. The maximum atomic E-state index is 10.9. The van der Waals surface area contributed by atoms with E-state index in [1.807, 2.05) is 0 Å². The summed E-state index contributed by atoms with van der Waals surface area (Å²) < 4.78 is 0. The number of fused-ring (bicyclic) bond motifs is 1. The van der Waals surface area contributed by atoms with E-state index in [1.54, 1.807) is 5.56 Å². The van der Waals surface area contributed by atoms with Crippen molar-refractivity contribution < 1.29 is 5.11 Å². The molecule has 8 saturated carbocycles. The molecule has 2 aromatic carbocycles. The van der Waals surface area contributed by atoms with Gasteiger partial charge in [0.2, 0.25) is 0 Å². The van der Waals surface area contributed by atoms with Crippen molar-refractivity contribution in [2.75, 3.05) is 0 Å². The van der Waals surface area contributed by atoms with Gasteiger partial charge in [-0.1, -0.05) is 42.5 Å². The lowest BCUT2D eigenvalue weighted by molar-refractivity contribution is 0.102. The molecule has 8 atom stereocenters. The highest BCUT2D eigenvalue weighted by Crippen LogP contribution is 2.93. The molecule has 0 aromatic heterocycles. The fourth-order valence-corrected chi connectivity index (χ4v) is 11.7. The minimum Gasteiger partial charge on any atom is -0.393 e. The third-order valence-corrected chi connectivity index (χ3v) is 11.2. The van der Waals surface area contributed by atoms with Crippen molar-refractivity contribution in [1.82, 2.24) is 0 Å². The highest BCUT2D eigenvalue weighted by Gasteiger charge is 2.92. The van der Waals surface area contributed by atoms with Crippen LogP contribution in [-0.2, 0) is 6.42 Å². The molecule has 0 radical (unpaired) electrons. The van der Waals surface area contributed by atoms with Crippen LogP contribution in [0.4, 0.5) is 0 Å². The molecular formula is C25H24O. The van der Waals surface area contributed by atoms with E-state index in [4.69, 9.17) is 0 Å². The molecule has 8 aliphatic rings. The van der Waals surface area contributed by atoms with Gasteiger partial charge in [0.25, 0.3) is 0 Å². The van der Waals surface area contributed by atoms with Gasteiger partial charge in [-0.15, -0.1) is 0 Å². The molecule has 1 N–H and O–H groups in total. The van der Waals surface area contributed by atoms with Gasteiger partial charge in [-0.3, -0.25) is 0 Å². The maximum absolute atomic E-state index is 10.9. The van der Waals surface area contributed by atoms with Crippen molar-refractivity contribution in [1.29, 1.82) is 0 Å². The summed E-state index contributed by atoms with van der Waals surface area (Å²) in [4.78, 5) is 0. The third-order valence-electron chi connectivity index (χ3n) is 11.2. The molecule has 1 nitrogen and oxygen atoms in total. The highest BCUT2D eigenvalue weighted by atomic mass is 16.3. The molecule has 26 heavy (non-hydrogen) atoms. The van der Waals surface area contributed by atoms with E-state index >= 15 is 0 Å². The second-order valence-corrected chi connectivity index (χ2v) is 10.9. The number of hydrogen-bond acceptors (Lipinski definition) is 1. The van der Waals surface area contributed by atoms with Crippen LogP contribution in [0.5, 0.6) is 0 Å². The molecule has 0 amide bonds. The zero-order chi connectivity index (χ0) is 16.5. The van der Waals surface area contributed by atoms with Crippen molar-refractivity contribution in [2.45, 2.75) is 12.5 Å². The van der Waals surface area contributed by atoms with Crippen molar-refractivity contribution in [3.05, 3.63) is 48.0 Å². The van der Waals surface area contributed by atoms with Crippen LogP contribution in [0, 0.1) is 76.9 Å². The molecule has 130 valence electrons. The molecule has 0 heterocycles. The standard InChI is InChI=1S/C25H24O/c26-25-23-19-15-13-12(8-10-6-3-5-9-4-1-2-7-11(9)10)14-17(15)21(23)22-18(14)16(13)20(19)24(22)25/h1-7,12-26H,8H2. The fraction of sp³-hybridized carbons (Fsp3) is 0.600. The fourth-order valence-electron chi connectivity index (χ4n) is 11.7. The normalized spacial score (nSPS) is 63.0. The topological polar surface area (TPSA) is 20.2 Å². The summed E-state index contributed by atoms with van der Waals surface area (Å²) in [5, 5.41) is 13.8. The SMILES string of the molecule is OC1C2C3C4C1C1C2C2C5C(Cc6cccc7ccccc67)C(C32)C4C51. The van der Waals surface area contributed by atoms with Gasteiger partial charge < -0.3 is 5.11 Å². The summed E-state index contributed by atoms with van der Waals surface area (Å²) in [6.07, 6.45) is 1.43. The van der Waals surface area contributed by atoms with Crippen molar-refractivity contribution in [3.63, 3.8) is 0 Å². The number of benzene rings is 2. The average Bonchev–Trinajstić information content (AvgIpc) is 3.42. The Morgan fingerprint density at radius 1 is 0.577 bits per heavy atom. The second kappa shape index (κ2) is 3.65. The van der Waals surface area contributed by atoms with E-state index in [9.17, 15) is 5.11 Å². The summed E-state index contributed by atoms with van der Waals surface area (Å²) in [5.41, 5.74) is 1.61. The predicted molar refractivity (Wildman–Crippen MR) is 99.0 cm³/mol. The molecule has 4 bridgehead atoms. The first kappa shape index (κ1) is 12.9. The van der Waals surface area contributed by atoms with E-state index in [0.29, 0.717) is 0 Å². The summed E-state index contributed by atoms with van der Waals surface area (Å²) in [5.74, 6) is 12.4. The zero-order valence-electron chi connectivity index (χ0n) is 14.8. The first-order valence-electron chi connectivity index (χ1n) is 11.0. The average molecular weight is 340 g/mol. The van der Waals surface area contributed by atoms with Crippen LogP contribution in [0.2, 0.25) is 0 Å². The summed E-state index contributed by atoms with van der Waals surface area (Å²) >= 11 is 0. The van der Waals surface area contributed by atoms with Gasteiger partial charge in [-0.2, -0.15) is 0 Å².